The van der Waals surface area contributed by atoms with Crippen LogP contribution in [0.4, 0.5) is 0 Å². The lowest BCUT2D eigenvalue weighted by Gasteiger charge is -2.26. The van der Waals surface area contributed by atoms with Crippen LogP contribution in [0.25, 0.3) is 11.0 Å². The van der Waals surface area contributed by atoms with E-state index in [9.17, 15) is 9.59 Å². The summed E-state index contributed by atoms with van der Waals surface area (Å²) < 4.78 is 10.4. The third-order valence-corrected chi connectivity index (χ3v) is 3.99. The van der Waals surface area contributed by atoms with Gasteiger partial charge in [-0.25, -0.2) is 4.79 Å². The lowest BCUT2D eigenvalue weighted by Crippen LogP contribution is -2.41. The van der Waals surface area contributed by atoms with E-state index in [1.165, 1.54) is 6.07 Å². The number of fused-ring (bicyclic) bond motifs is 1. The molecule has 3 rings (SSSR count). The molecular weight excluding hydrogens is 320 g/mol. The second kappa shape index (κ2) is 7.12. The minimum absolute atomic E-state index is 0.0123. The van der Waals surface area contributed by atoms with Crippen LogP contribution in [0.5, 0.6) is 0 Å². The molecule has 1 aliphatic rings. The number of carbonyl (C=O) groups excluding carboxylic acids is 1. The van der Waals surface area contributed by atoms with Crippen LogP contribution in [0.2, 0.25) is 5.02 Å². The van der Waals surface area contributed by atoms with Gasteiger partial charge in [0, 0.05) is 36.6 Å². The van der Waals surface area contributed by atoms with E-state index in [-0.39, 0.29) is 5.56 Å². The summed E-state index contributed by atoms with van der Waals surface area (Å²) in [5.41, 5.74) is -0.255. The number of halogens is 1. The molecule has 7 heteroatoms. The lowest BCUT2D eigenvalue weighted by atomic mass is 10.2. The van der Waals surface area contributed by atoms with E-state index in [4.69, 9.17) is 20.8 Å². The molecule has 1 amide bonds. The van der Waals surface area contributed by atoms with Crippen molar-refractivity contribution in [1.29, 1.82) is 0 Å². The van der Waals surface area contributed by atoms with Crippen LogP contribution < -0.4 is 10.9 Å². The molecule has 0 radical (unpaired) electrons. The van der Waals surface area contributed by atoms with Gasteiger partial charge in [-0.3, -0.25) is 9.69 Å². The van der Waals surface area contributed by atoms with Gasteiger partial charge in [0.2, 0.25) is 0 Å². The van der Waals surface area contributed by atoms with Crippen molar-refractivity contribution in [3.63, 3.8) is 0 Å². The monoisotopic (exact) mass is 336 g/mol. The molecule has 1 aromatic heterocycles. The molecule has 1 N–H and O–H groups in total. The SMILES string of the molecule is O=C(NCCN1CCOCC1)c1cc2cc(Cl)ccc2oc1=O. The highest BCUT2D eigenvalue weighted by molar-refractivity contribution is 6.31. The average molecular weight is 337 g/mol. The van der Waals surface area contributed by atoms with Crippen molar-refractivity contribution < 1.29 is 13.9 Å². The van der Waals surface area contributed by atoms with Gasteiger partial charge in [0.05, 0.1) is 13.2 Å². The molecular formula is C16H17ClN2O4. The van der Waals surface area contributed by atoms with E-state index in [0.29, 0.717) is 35.8 Å². The van der Waals surface area contributed by atoms with E-state index in [2.05, 4.69) is 10.2 Å². The molecule has 0 saturated carbocycles. The first-order chi connectivity index (χ1) is 11.1. The summed E-state index contributed by atoms with van der Waals surface area (Å²) in [6, 6.07) is 6.41. The van der Waals surface area contributed by atoms with E-state index >= 15 is 0 Å². The third-order valence-electron chi connectivity index (χ3n) is 3.76. The van der Waals surface area contributed by atoms with Crippen molar-refractivity contribution in [2.45, 2.75) is 0 Å². The van der Waals surface area contributed by atoms with Crippen LogP contribution >= 0.6 is 11.6 Å². The minimum Gasteiger partial charge on any atom is -0.422 e. The van der Waals surface area contributed by atoms with E-state index in [0.717, 1.165) is 19.6 Å². The fraction of sp³-hybridized carbons (Fsp3) is 0.375. The maximum absolute atomic E-state index is 12.2. The zero-order valence-electron chi connectivity index (χ0n) is 12.5. The molecule has 1 fully saturated rings. The Bertz CT molecular complexity index is 768. The topological polar surface area (TPSA) is 71.8 Å². The molecule has 1 saturated heterocycles. The number of benzene rings is 1. The summed E-state index contributed by atoms with van der Waals surface area (Å²) in [7, 11) is 0. The number of amides is 1. The Morgan fingerprint density at radius 1 is 1.26 bits per heavy atom. The van der Waals surface area contributed by atoms with Crippen molar-refractivity contribution in [2.24, 2.45) is 0 Å². The number of hydrogen-bond acceptors (Lipinski definition) is 5. The van der Waals surface area contributed by atoms with Gasteiger partial charge in [-0.1, -0.05) is 11.6 Å². The smallest absolute Gasteiger partial charge is 0.349 e. The van der Waals surface area contributed by atoms with Crippen LogP contribution in [0.1, 0.15) is 10.4 Å². The lowest BCUT2D eigenvalue weighted by molar-refractivity contribution is 0.0383. The normalized spacial score (nSPS) is 15.7. The summed E-state index contributed by atoms with van der Waals surface area (Å²) in [5.74, 6) is -0.436. The molecule has 0 bridgehead atoms. The first-order valence-corrected chi connectivity index (χ1v) is 7.83. The van der Waals surface area contributed by atoms with E-state index in [1.54, 1.807) is 18.2 Å². The summed E-state index contributed by atoms with van der Waals surface area (Å²) in [4.78, 5) is 26.3. The molecule has 122 valence electrons. The average Bonchev–Trinajstić information content (AvgIpc) is 2.55. The zero-order chi connectivity index (χ0) is 16.2. The Morgan fingerprint density at radius 2 is 2.04 bits per heavy atom. The Hall–Kier alpha value is -1.89. The largest absolute Gasteiger partial charge is 0.422 e. The molecule has 2 aromatic rings. The predicted molar refractivity (Wildman–Crippen MR) is 87.1 cm³/mol. The van der Waals surface area contributed by atoms with Crippen molar-refractivity contribution in [1.82, 2.24) is 10.2 Å². The van der Waals surface area contributed by atoms with Crippen LogP contribution in [0, 0.1) is 0 Å². The summed E-state index contributed by atoms with van der Waals surface area (Å²) >= 11 is 5.92. The number of rotatable bonds is 4. The van der Waals surface area contributed by atoms with Crippen LogP contribution in [0.3, 0.4) is 0 Å². The third kappa shape index (κ3) is 3.90. The molecule has 0 atom stereocenters. The van der Waals surface area contributed by atoms with Gasteiger partial charge in [-0.2, -0.15) is 0 Å². The van der Waals surface area contributed by atoms with Gasteiger partial charge in [-0.05, 0) is 24.3 Å². The van der Waals surface area contributed by atoms with Crippen LogP contribution in [-0.2, 0) is 4.74 Å². The van der Waals surface area contributed by atoms with Gasteiger partial charge in [0.15, 0.2) is 0 Å². The van der Waals surface area contributed by atoms with E-state index in [1.807, 2.05) is 0 Å². The van der Waals surface area contributed by atoms with Gasteiger partial charge in [0.25, 0.3) is 5.91 Å². The second-order valence-electron chi connectivity index (χ2n) is 5.34. The zero-order valence-corrected chi connectivity index (χ0v) is 13.3. The van der Waals surface area contributed by atoms with Gasteiger partial charge >= 0.3 is 5.63 Å². The van der Waals surface area contributed by atoms with E-state index < -0.39 is 11.5 Å². The Morgan fingerprint density at radius 3 is 2.83 bits per heavy atom. The quantitative estimate of drug-likeness (QED) is 0.857. The first-order valence-electron chi connectivity index (χ1n) is 7.45. The summed E-state index contributed by atoms with van der Waals surface area (Å²) in [5, 5.41) is 3.89. The maximum atomic E-state index is 12.2. The van der Waals surface area contributed by atoms with Gasteiger partial charge < -0.3 is 14.5 Å². The van der Waals surface area contributed by atoms with Crippen molar-refractivity contribution in [2.75, 3.05) is 39.4 Å². The first kappa shape index (κ1) is 16.0. The molecule has 0 unspecified atom stereocenters. The Balaban J connectivity index is 1.67. The molecule has 23 heavy (non-hydrogen) atoms. The van der Waals surface area contributed by atoms with Crippen LogP contribution in [0.15, 0.2) is 33.5 Å². The molecule has 1 aromatic carbocycles. The number of hydrogen-bond donors (Lipinski definition) is 1. The summed E-state index contributed by atoms with van der Waals surface area (Å²) in [6.07, 6.45) is 0. The maximum Gasteiger partial charge on any atom is 0.349 e. The predicted octanol–water partition coefficient (Wildman–Crippen LogP) is 1.51. The number of nitrogens with one attached hydrogen (secondary N) is 1. The molecule has 2 heterocycles. The second-order valence-corrected chi connectivity index (χ2v) is 5.78. The van der Waals surface area contributed by atoms with Crippen molar-refractivity contribution in [3.05, 3.63) is 45.3 Å². The number of nitrogens with zero attached hydrogens (tertiary/aromatic N) is 1. The standard InChI is InChI=1S/C16H17ClN2O4/c17-12-1-2-14-11(9-12)10-13(16(21)23-14)15(20)18-3-4-19-5-7-22-8-6-19/h1-2,9-10H,3-8H2,(H,18,20). The number of morpholine rings is 1. The number of carbonyl (C=O) groups is 1. The highest BCUT2D eigenvalue weighted by Crippen LogP contribution is 2.18. The highest BCUT2D eigenvalue weighted by Gasteiger charge is 2.15. The minimum atomic E-state index is -0.649. The Kier molecular flexibility index (Phi) is 4.95. The summed E-state index contributed by atoms with van der Waals surface area (Å²) in [6.45, 7) is 4.32. The van der Waals surface area contributed by atoms with Gasteiger partial charge in [-0.15, -0.1) is 0 Å². The molecule has 0 spiro atoms. The van der Waals surface area contributed by atoms with Gasteiger partial charge in [0.1, 0.15) is 11.1 Å². The molecule has 1 aliphatic heterocycles. The molecule has 6 nitrogen and oxygen atoms in total. The molecule has 0 aliphatic carbocycles. The van der Waals surface area contributed by atoms with Crippen molar-refractivity contribution >= 4 is 28.5 Å². The van der Waals surface area contributed by atoms with Crippen molar-refractivity contribution in [3.8, 4) is 0 Å². The fourth-order valence-corrected chi connectivity index (χ4v) is 2.68. The Labute approximate surface area is 138 Å². The fourth-order valence-electron chi connectivity index (χ4n) is 2.50. The number of ether oxygens (including phenoxy) is 1. The van der Waals surface area contributed by atoms with Crippen LogP contribution in [-0.4, -0.2) is 50.2 Å². The highest BCUT2D eigenvalue weighted by atomic mass is 35.5.